The van der Waals surface area contributed by atoms with Gasteiger partial charge in [-0.1, -0.05) is 24.3 Å². The van der Waals surface area contributed by atoms with Crippen molar-refractivity contribution in [1.82, 2.24) is 10.2 Å². The Morgan fingerprint density at radius 1 is 1.30 bits per heavy atom. The first-order chi connectivity index (χ1) is 9.69. The summed E-state index contributed by atoms with van der Waals surface area (Å²) in [4.78, 5) is 12.3. The number of aromatic nitrogens is 2. The predicted octanol–water partition coefficient (Wildman–Crippen LogP) is 3.53. The molecular weight excluding hydrogens is 268 g/mol. The van der Waals surface area contributed by atoms with Crippen LogP contribution in [-0.2, 0) is 0 Å². The fourth-order valence-electron chi connectivity index (χ4n) is 1.68. The van der Waals surface area contributed by atoms with Gasteiger partial charge in [-0.2, -0.15) is 5.10 Å². The Balaban J connectivity index is 2.11. The lowest BCUT2D eigenvalue weighted by atomic mass is 10.1. The molecule has 0 aliphatic carbocycles. The molecule has 1 heterocycles. The van der Waals surface area contributed by atoms with E-state index < -0.39 is 0 Å². The van der Waals surface area contributed by atoms with Crippen LogP contribution in [0.4, 0.5) is 0 Å². The first kappa shape index (κ1) is 14.3. The van der Waals surface area contributed by atoms with Crippen LogP contribution in [0.3, 0.4) is 0 Å². The van der Waals surface area contributed by atoms with Crippen LogP contribution in [0.2, 0.25) is 0 Å². The minimum atomic E-state index is -0.178. The molecule has 102 valence electrons. The topological polar surface area (TPSA) is 45.8 Å². The largest absolute Gasteiger partial charge is 0.268 e. The Hall–Kier alpha value is -2.07. The molecule has 0 amide bonds. The highest BCUT2D eigenvalue weighted by Gasteiger charge is 1.97. The number of aryl methyl sites for hydroxylation is 1. The van der Waals surface area contributed by atoms with Crippen molar-refractivity contribution in [2.45, 2.75) is 11.8 Å². The first-order valence-electron chi connectivity index (χ1n) is 6.27. The smallest absolute Gasteiger partial charge is 0.264 e. The predicted molar refractivity (Wildman–Crippen MR) is 85.9 cm³/mol. The SMILES string of the molecule is C=CCSc1ccc(/C=C/c2n[nH]c(=O)cc2C)cc1. The summed E-state index contributed by atoms with van der Waals surface area (Å²) in [6.45, 7) is 5.58. The van der Waals surface area contributed by atoms with Gasteiger partial charge in [-0.15, -0.1) is 18.3 Å². The third-order valence-corrected chi connectivity index (χ3v) is 3.73. The van der Waals surface area contributed by atoms with Gasteiger partial charge in [0.05, 0.1) is 5.69 Å². The molecule has 0 aliphatic heterocycles. The van der Waals surface area contributed by atoms with Gasteiger partial charge in [-0.05, 0) is 36.3 Å². The zero-order valence-corrected chi connectivity index (χ0v) is 12.1. The van der Waals surface area contributed by atoms with E-state index in [0.717, 1.165) is 22.6 Å². The number of H-pyrrole nitrogens is 1. The van der Waals surface area contributed by atoms with Crippen LogP contribution in [0, 0.1) is 6.92 Å². The van der Waals surface area contributed by atoms with Crippen molar-refractivity contribution in [1.29, 1.82) is 0 Å². The highest BCUT2D eigenvalue weighted by molar-refractivity contribution is 7.99. The van der Waals surface area contributed by atoms with Crippen LogP contribution in [-0.4, -0.2) is 16.0 Å². The maximum Gasteiger partial charge on any atom is 0.264 e. The van der Waals surface area contributed by atoms with Gasteiger partial charge < -0.3 is 0 Å². The van der Waals surface area contributed by atoms with E-state index >= 15 is 0 Å². The number of rotatable bonds is 5. The molecule has 0 saturated heterocycles. The van der Waals surface area contributed by atoms with Gasteiger partial charge >= 0.3 is 0 Å². The van der Waals surface area contributed by atoms with Gasteiger partial charge in [0.25, 0.3) is 5.56 Å². The zero-order valence-electron chi connectivity index (χ0n) is 11.3. The average molecular weight is 284 g/mol. The average Bonchev–Trinajstić information content (AvgIpc) is 2.45. The number of nitrogens with one attached hydrogen (secondary N) is 1. The second-order valence-corrected chi connectivity index (χ2v) is 5.40. The van der Waals surface area contributed by atoms with Crippen molar-refractivity contribution in [2.75, 3.05) is 5.75 Å². The Kier molecular flexibility index (Phi) is 4.96. The Morgan fingerprint density at radius 3 is 2.70 bits per heavy atom. The highest BCUT2D eigenvalue weighted by Crippen LogP contribution is 2.19. The lowest BCUT2D eigenvalue weighted by Gasteiger charge is -2.00. The molecule has 4 heteroatoms. The van der Waals surface area contributed by atoms with E-state index in [0.29, 0.717) is 0 Å². The molecule has 0 spiro atoms. The molecule has 0 radical (unpaired) electrons. The summed E-state index contributed by atoms with van der Waals surface area (Å²) in [5.41, 5.74) is 2.56. The number of aromatic amines is 1. The number of nitrogens with zero attached hydrogens (tertiary/aromatic N) is 1. The van der Waals surface area contributed by atoms with Crippen molar-refractivity contribution in [3.63, 3.8) is 0 Å². The van der Waals surface area contributed by atoms with Crippen LogP contribution in [0.25, 0.3) is 12.2 Å². The van der Waals surface area contributed by atoms with Gasteiger partial charge in [-0.25, -0.2) is 5.10 Å². The molecule has 0 saturated carbocycles. The third-order valence-electron chi connectivity index (χ3n) is 2.72. The van der Waals surface area contributed by atoms with Crippen molar-refractivity contribution >= 4 is 23.9 Å². The van der Waals surface area contributed by atoms with Gasteiger partial charge in [0.15, 0.2) is 0 Å². The fraction of sp³-hybridized carbons (Fsp3) is 0.125. The van der Waals surface area contributed by atoms with Crippen molar-refractivity contribution in [3.8, 4) is 0 Å². The molecule has 0 bridgehead atoms. The van der Waals surface area contributed by atoms with Gasteiger partial charge in [0.2, 0.25) is 0 Å². The van der Waals surface area contributed by atoms with Crippen molar-refractivity contribution in [2.24, 2.45) is 0 Å². The second kappa shape index (κ2) is 6.91. The van der Waals surface area contributed by atoms with E-state index in [1.54, 1.807) is 17.8 Å². The number of thioether (sulfide) groups is 1. The first-order valence-corrected chi connectivity index (χ1v) is 7.26. The normalized spacial score (nSPS) is 10.8. The molecule has 1 aromatic heterocycles. The van der Waals surface area contributed by atoms with E-state index in [1.807, 2.05) is 25.2 Å². The van der Waals surface area contributed by atoms with Crippen molar-refractivity contribution in [3.05, 3.63) is 70.2 Å². The minimum absolute atomic E-state index is 0.178. The maximum atomic E-state index is 11.1. The summed E-state index contributed by atoms with van der Waals surface area (Å²) in [7, 11) is 0. The van der Waals surface area contributed by atoms with Crippen LogP contribution >= 0.6 is 11.8 Å². The van der Waals surface area contributed by atoms with Crippen LogP contribution in [0.5, 0.6) is 0 Å². The number of hydrogen-bond acceptors (Lipinski definition) is 3. The minimum Gasteiger partial charge on any atom is -0.268 e. The van der Waals surface area contributed by atoms with E-state index in [1.165, 1.54) is 4.90 Å². The summed E-state index contributed by atoms with van der Waals surface area (Å²) in [5.74, 6) is 0.912. The van der Waals surface area contributed by atoms with Gasteiger partial charge in [0.1, 0.15) is 0 Å². The summed E-state index contributed by atoms with van der Waals surface area (Å²) in [6.07, 6.45) is 5.77. The van der Waals surface area contributed by atoms with Gasteiger partial charge in [-0.3, -0.25) is 4.79 Å². The summed E-state index contributed by atoms with van der Waals surface area (Å²) in [6, 6.07) is 9.83. The quantitative estimate of drug-likeness (QED) is 0.675. The molecule has 1 aromatic carbocycles. The molecule has 0 fully saturated rings. The monoisotopic (exact) mass is 284 g/mol. The highest BCUT2D eigenvalue weighted by atomic mass is 32.2. The summed E-state index contributed by atoms with van der Waals surface area (Å²) in [5, 5.41) is 6.45. The van der Waals surface area contributed by atoms with Crippen LogP contribution in [0.1, 0.15) is 16.8 Å². The van der Waals surface area contributed by atoms with E-state index in [-0.39, 0.29) is 5.56 Å². The third kappa shape index (κ3) is 3.96. The molecule has 20 heavy (non-hydrogen) atoms. The Morgan fingerprint density at radius 2 is 2.05 bits per heavy atom. The maximum absolute atomic E-state index is 11.1. The lowest BCUT2D eigenvalue weighted by Crippen LogP contribution is -2.08. The molecule has 1 N–H and O–H groups in total. The van der Waals surface area contributed by atoms with Gasteiger partial charge in [0, 0.05) is 16.7 Å². The van der Waals surface area contributed by atoms with E-state index in [2.05, 4.69) is 41.0 Å². The number of benzene rings is 1. The zero-order chi connectivity index (χ0) is 14.4. The standard InChI is InChI=1S/C16H16N2OS/c1-3-10-20-14-7-4-13(5-8-14)6-9-15-12(2)11-16(19)18-17-15/h3-9,11H,1,10H2,2H3,(H,18,19)/b9-6+. The second-order valence-electron chi connectivity index (χ2n) is 4.30. The van der Waals surface area contributed by atoms with Crippen LogP contribution < -0.4 is 5.56 Å². The van der Waals surface area contributed by atoms with Crippen LogP contribution in [0.15, 0.2) is 52.7 Å². The van der Waals surface area contributed by atoms with E-state index in [4.69, 9.17) is 0 Å². The number of hydrogen-bond donors (Lipinski definition) is 1. The Labute approximate surface area is 122 Å². The lowest BCUT2D eigenvalue weighted by molar-refractivity contribution is 0.961. The molecule has 0 unspecified atom stereocenters. The molecule has 0 aliphatic rings. The summed E-state index contributed by atoms with van der Waals surface area (Å²) < 4.78 is 0. The van der Waals surface area contributed by atoms with E-state index in [9.17, 15) is 4.79 Å². The molecule has 2 aromatic rings. The summed E-state index contributed by atoms with van der Waals surface area (Å²) >= 11 is 1.75. The molecule has 0 atom stereocenters. The fourth-order valence-corrected chi connectivity index (χ4v) is 2.32. The molecule has 3 nitrogen and oxygen atoms in total. The molecular formula is C16H16N2OS. The molecule has 2 rings (SSSR count). The Bertz CT molecular complexity index is 672. The van der Waals surface area contributed by atoms with Crippen molar-refractivity contribution < 1.29 is 0 Å².